The van der Waals surface area contributed by atoms with Crippen LogP contribution in [0.15, 0.2) is 77.0 Å². The molecule has 0 atom stereocenters. The number of para-hydroxylation sites is 1. The summed E-state index contributed by atoms with van der Waals surface area (Å²) in [7, 11) is 1.43. The number of nitrogens with one attached hydrogen (secondary N) is 1. The van der Waals surface area contributed by atoms with Gasteiger partial charge in [-0.1, -0.05) is 12.1 Å². The predicted molar refractivity (Wildman–Crippen MR) is 117 cm³/mol. The third kappa shape index (κ3) is 5.53. The van der Waals surface area contributed by atoms with Gasteiger partial charge in [-0.05, 0) is 42.5 Å². The fraction of sp³-hybridized carbons (Fsp3) is 0.0476. The van der Waals surface area contributed by atoms with Gasteiger partial charge in [0.15, 0.2) is 0 Å². The molecule has 0 fully saturated rings. The van der Waals surface area contributed by atoms with Crippen molar-refractivity contribution >= 4 is 34.6 Å². The molecule has 0 heterocycles. The van der Waals surface area contributed by atoms with Gasteiger partial charge in [0.05, 0.1) is 34.4 Å². The summed E-state index contributed by atoms with van der Waals surface area (Å²) in [4.78, 5) is 49.7. The van der Waals surface area contributed by atoms with Crippen molar-refractivity contribution in [3.8, 4) is 5.75 Å². The van der Waals surface area contributed by atoms with Gasteiger partial charge in [0, 0.05) is 6.07 Å². The van der Waals surface area contributed by atoms with Gasteiger partial charge in [0.25, 0.3) is 11.4 Å². The van der Waals surface area contributed by atoms with Crippen LogP contribution in [0.1, 0.15) is 20.7 Å². The van der Waals surface area contributed by atoms with Crippen LogP contribution >= 0.6 is 0 Å². The first kappa shape index (κ1) is 23.5. The Morgan fingerprint density at radius 1 is 0.912 bits per heavy atom. The Morgan fingerprint density at radius 3 is 2.26 bits per heavy atom. The van der Waals surface area contributed by atoms with Crippen LogP contribution in [-0.2, 0) is 4.84 Å². The summed E-state index contributed by atoms with van der Waals surface area (Å²) >= 11 is 0. The minimum Gasteiger partial charge on any atom is -0.496 e. The highest BCUT2D eigenvalue weighted by atomic mass is 16.7. The summed E-state index contributed by atoms with van der Waals surface area (Å²) in [5.41, 5.74) is 1.57. The maximum absolute atomic E-state index is 12.2. The largest absolute Gasteiger partial charge is 0.496 e. The Labute approximate surface area is 190 Å². The van der Waals surface area contributed by atoms with E-state index in [4.69, 9.17) is 9.57 Å². The van der Waals surface area contributed by atoms with Crippen molar-refractivity contribution < 1.29 is 29.0 Å². The number of amides is 1. The van der Waals surface area contributed by atoms with Gasteiger partial charge < -0.3 is 9.57 Å². The lowest BCUT2D eigenvalue weighted by Gasteiger charge is -2.09. The maximum atomic E-state index is 12.2. The van der Waals surface area contributed by atoms with Crippen LogP contribution in [0, 0.1) is 20.2 Å². The zero-order valence-electron chi connectivity index (χ0n) is 17.4. The lowest BCUT2D eigenvalue weighted by molar-refractivity contribution is -0.394. The van der Waals surface area contributed by atoms with E-state index in [9.17, 15) is 29.8 Å². The Bertz CT molecular complexity index is 1290. The number of nitrogens with zero attached hydrogens (tertiary/aromatic N) is 4. The molecule has 3 aromatic rings. The molecule has 0 unspecified atom stereocenters. The zero-order valence-corrected chi connectivity index (χ0v) is 17.4. The summed E-state index contributed by atoms with van der Waals surface area (Å²) in [5.74, 6) is -1.37. The molecule has 1 N–H and O–H groups in total. The first-order valence-corrected chi connectivity index (χ1v) is 9.39. The summed E-state index contributed by atoms with van der Waals surface area (Å²) < 4.78 is 5.10. The van der Waals surface area contributed by atoms with Crippen molar-refractivity contribution in [3.63, 3.8) is 0 Å². The van der Waals surface area contributed by atoms with E-state index in [1.54, 1.807) is 24.3 Å². The summed E-state index contributed by atoms with van der Waals surface area (Å²) in [6.45, 7) is 0. The lowest BCUT2D eigenvalue weighted by Crippen LogP contribution is -2.11. The molecular weight excluding hydrogens is 450 g/mol. The van der Waals surface area contributed by atoms with E-state index in [2.05, 4.69) is 15.7 Å². The van der Waals surface area contributed by atoms with Gasteiger partial charge in [0.1, 0.15) is 16.9 Å². The van der Waals surface area contributed by atoms with Gasteiger partial charge in [0.2, 0.25) is 0 Å². The molecule has 172 valence electrons. The van der Waals surface area contributed by atoms with Gasteiger partial charge in [-0.15, -0.1) is 10.2 Å². The number of non-ortho nitro benzene ring substituents is 1. The SMILES string of the molecule is COc1ccccc1C(=O)ONc1ccc(N=NC(=O)c2ccc([N+](=O)[O-])cc2[N+](=O)[O-])cc1. The molecule has 0 aliphatic carbocycles. The summed E-state index contributed by atoms with van der Waals surface area (Å²) in [6.07, 6.45) is 0. The van der Waals surface area contributed by atoms with Gasteiger partial charge >= 0.3 is 11.9 Å². The third-order valence-electron chi connectivity index (χ3n) is 4.33. The molecule has 13 nitrogen and oxygen atoms in total. The number of methoxy groups -OCH3 is 1. The highest BCUT2D eigenvalue weighted by Crippen LogP contribution is 2.26. The van der Waals surface area contributed by atoms with E-state index in [1.807, 2.05) is 0 Å². The highest BCUT2D eigenvalue weighted by Gasteiger charge is 2.24. The number of hydrogen-bond donors (Lipinski definition) is 1. The lowest BCUT2D eigenvalue weighted by atomic mass is 10.1. The summed E-state index contributed by atoms with van der Waals surface area (Å²) in [5, 5.41) is 29.1. The van der Waals surface area contributed by atoms with E-state index in [-0.39, 0.29) is 11.3 Å². The number of carbonyl (C=O) groups excluding carboxylic acids is 2. The standard InChI is InChI=1S/C21H15N5O8/c1-33-19-5-3-2-4-17(19)21(28)34-24-14-8-6-13(7-9-14)22-23-20(27)16-11-10-15(25(29)30)12-18(16)26(31)32/h2-12,24H,1H3. The molecule has 0 saturated heterocycles. The number of azo groups is 1. The number of carbonyl (C=O) groups is 2. The fourth-order valence-corrected chi connectivity index (χ4v) is 2.69. The van der Waals surface area contributed by atoms with Crippen LogP contribution in [0.4, 0.5) is 22.7 Å². The van der Waals surface area contributed by atoms with E-state index < -0.39 is 38.7 Å². The summed E-state index contributed by atoms with van der Waals surface area (Å²) in [6, 6.07) is 15.0. The van der Waals surface area contributed by atoms with Crippen molar-refractivity contribution in [1.82, 2.24) is 0 Å². The molecule has 0 bridgehead atoms. The molecule has 13 heteroatoms. The molecule has 0 saturated carbocycles. The number of rotatable bonds is 8. The number of anilines is 1. The Morgan fingerprint density at radius 2 is 1.62 bits per heavy atom. The number of nitro groups is 2. The van der Waals surface area contributed by atoms with Gasteiger partial charge in [-0.2, -0.15) is 0 Å². The molecule has 1 amide bonds. The first-order valence-electron chi connectivity index (χ1n) is 9.39. The van der Waals surface area contributed by atoms with E-state index >= 15 is 0 Å². The molecule has 0 aliphatic rings. The quantitative estimate of drug-likeness (QED) is 0.282. The maximum Gasteiger partial charge on any atom is 0.366 e. The average Bonchev–Trinajstić information content (AvgIpc) is 2.85. The normalized spacial score (nSPS) is 10.5. The van der Waals surface area contributed by atoms with Crippen LogP contribution in [-0.4, -0.2) is 28.8 Å². The van der Waals surface area contributed by atoms with Crippen molar-refractivity contribution in [2.45, 2.75) is 0 Å². The van der Waals surface area contributed by atoms with Crippen LogP contribution < -0.4 is 10.2 Å². The van der Waals surface area contributed by atoms with Gasteiger partial charge in [-0.3, -0.25) is 25.0 Å². The molecule has 0 aromatic heterocycles. The second-order valence-electron chi connectivity index (χ2n) is 6.46. The van der Waals surface area contributed by atoms with Gasteiger partial charge in [-0.25, -0.2) is 10.3 Å². The minimum atomic E-state index is -1.05. The topological polar surface area (TPSA) is 176 Å². The Hall–Kier alpha value is -5.20. The monoisotopic (exact) mass is 465 g/mol. The zero-order chi connectivity index (χ0) is 24.7. The van der Waals surface area contributed by atoms with Crippen LogP contribution in [0.5, 0.6) is 5.75 Å². The van der Waals surface area contributed by atoms with Crippen molar-refractivity contribution in [3.05, 3.63) is 98.1 Å². The van der Waals surface area contributed by atoms with E-state index in [1.165, 1.54) is 31.4 Å². The van der Waals surface area contributed by atoms with Crippen LogP contribution in [0.2, 0.25) is 0 Å². The number of benzene rings is 3. The first-order chi connectivity index (χ1) is 16.3. The van der Waals surface area contributed by atoms with Crippen LogP contribution in [0.3, 0.4) is 0 Å². The molecule has 34 heavy (non-hydrogen) atoms. The molecule has 3 rings (SSSR count). The van der Waals surface area contributed by atoms with Crippen molar-refractivity contribution in [2.75, 3.05) is 12.6 Å². The predicted octanol–water partition coefficient (Wildman–Crippen LogP) is 4.62. The third-order valence-corrected chi connectivity index (χ3v) is 4.33. The number of nitro benzene ring substituents is 2. The molecular formula is C21H15N5O8. The average molecular weight is 465 g/mol. The Kier molecular flexibility index (Phi) is 7.18. The second-order valence-corrected chi connectivity index (χ2v) is 6.46. The van der Waals surface area contributed by atoms with Crippen molar-refractivity contribution in [1.29, 1.82) is 0 Å². The second kappa shape index (κ2) is 10.4. The Balaban J connectivity index is 1.66. The fourth-order valence-electron chi connectivity index (χ4n) is 2.69. The van der Waals surface area contributed by atoms with Crippen LogP contribution in [0.25, 0.3) is 0 Å². The number of hydrogen-bond acceptors (Lipinski definition) is 10. The number of ether oxygens (including phenoxy) is 1. The molecule has 3 aromatic carbocycles. The van der Waals surface area contributed by atoms with Crippen molar-refractivity contribution in [2.24, 2.45) is 10.2 Å². The van der Waals surface area contributed by atoms with E-state index in [0.29, 0.717) is 17.5 Å². The molecule has 0 radical (unpaired) electrons. The molecule has 0 spiro atoms. The smallest absolute Gasteiger partial charge is 0.366 e. The van der Waals surface area contributed by atoms with E-state index in [0.717, 1.165) is 12.1 Å². The minimum absolute atomic E-state index is 0.222. The molecule has 0 aliphatic heterocycles. The highest BCUT2D eigenvalue weighted by molar-refractivity contribution is 5.99.